The number of nitrogens with one attached hydrogen (secondary N) is 1. The topological polar surface area (TPSA) is 75.6 Å². The summed E-state index contributed by atoms with van der Waals surface area (Å²) in [5.74, 6) is -1.23. The normalized spacial score (nSPS) is 19.4. The van der Waals surface area contributed by atoms with Gasteiger partial charge in [-0.05, 0) is 31.2 Å². The summed E-state index contributed by atoms with van der Waals surface area (Å²) in [6.07, 6.45) is 4.60. The molecule has 1 heterocycles. The van der Waals surface area contributed by atoms with Crippen LogP contribution in [0.15, 0.2) is 30.3 Å². The van der Waals surface area contributed by atoms with E-state index in [4.69, 9.17) is 4.74 Å². The summed E-state index contributed by atoms with van der Waals surface area (Å²) in [7, 11) is 0. The molecular formula is C17H23NO4. The molecule has 5 heteroatoms. The van der Waals surface area contributed by atoms with Gasteiger partial charge in [0.15, 0.2) is 0 Å². The molecule has 5 nitrogen and oxygen atoms in total. The maximum atomic E-state index is 12.0. The van der Waals surface area contributed by atoms with Crippen molar-refractivity contribution < 1.29 is 19.4 Å². The molecular weight excluding hydrogens is 282 g/mol. The van der Waals surface area contributed by atoms with Crippen LogP contribution in [-0.4, -0.2) is 35.7 Å². The van der Waals surface area contributed by atoms with Gasteiger partial charge in [-0.15, -0.1) is 0 Å². The number of amides is 1. The largest absolute Gasteiger partial charge is 0.480 e. The molecule has 1 fully saturated rings. The van der Waals surface area contributed by atoms with E-state index in [-0.39, 0.29) is 12.0 Å². The summed E-state index contributed by atoms with van der Waals surface area (Å²) in [5.41, 5.74) is 0.894. The van der Waals surface area contributed by atoms with E-state index in [1.54, 1.807) is 0 Å². The predicted molar refractivity (Wildman–Crippen MR) is 82.5 cm³/mol. The third-order valence-electron chi connectivity index (χ3n) is 3.88. The number of carbonyl (C=O) groups is 2. The van der Waals surface area contributed by atoms with E-state index < -0.39 is 12.0 Å². The fraction of sp³-hybridized carbons (Fsp3) is 0.529. The minimum Gasteiger partial charge on any atom is -0.480 e. The molecule has 1 aliphatic heterocycles. The van der Waals surface area contributed by atoms with E-state index in [9.17, 15) is 14.7 Å². The highest BCUT2D eigenvalue weighted by atomic mass is 16.5. The smallest absolute Gasteiger partial charge is 0.326 e. The lowest BCUT2D eigenvalue weighted by atomic mass is 10.0. The molecule has 1 amide bonds. The van der Waals surface area contributed by atoms with Crippen LogP contribution >= 0.6 is 0 Å². The second kappa shape index (κ2) is 8.54. The Labute approximate surface area is 130 Å². The van der Waals surface area contributed by atoms with Crippen LogP contribution in [0.3, 0.4) is 0 Å². The second-order valence-electron chi connectivity index (χ2n) is 5.68. The minimum absolute atomic E-state index is 0.136. The Morgan fingerprint density at radius 2 is 2.05 bits per heavy atom. The van der Waals surface area contributed by atoms with Gasteiger partial charge in [-0.25, -0.2) is 4.79 Å². The monoisotopic (exact) mass is 305 g/mol. The molecule has 1 saturated heterocycles. The number of rotatable bonds is 7. The number of aliphatic carboxylic acids is 1. The van der Waals surface area contributed by atoms with E-state index in [1.807, 2.05) is 30.3 Å². The van der Waals surface area contributed by atoms with Gasteiger partial charge in [0.1, 0.15) is 6.04 Å². The van der Waals surface area contributed by atoms with E-state index in [2.05, 4.69) is 5.32 Å². The van der Waals surface area contributed by atoms with Gasteiger partial charge in [0, 0.05) is 19.4 Å². The molecule has 0 spiro atoms. The molecule has 2 atom stereocenters. The van der Waals surface area contributed by atoms with Crippen LogP contribution in [0.5, 0.6) is 0 Å². The molecule has 1 aromatic rings. The molecule has 0 saturated carbocycles. The molecule has 0 bridgehead atoms. The SMILES string of the molecule is O=C(CCC1CCCCO1)N[C@@H](Cc1ccccc1)C(=O)O. The standard InChI is InChI=1S/C17H23NO4/c19-16(10-9-14-8-4-5-11-22-14)18-15(17(20)21)12-13-6-2-1-3-7-13/h1-3,6-7,14-15H,4-5,8-12H2,(H,18,19)(H,20,21)/t14?,15-/m0/s1. The van der Waals surface area contributed by atoms with Gasteiger partial charge in [0.05, 0.1) is 6.10 Å². The van der Waals surface area contributed by atoms with Gasteiger partial charge in [0.25, 0.3) is 0 Å². The zero-order valence-electron chi connectivity index (χ0n) is 12.7. The van der Waals surface area contributed by atoms with Gasteiger partial charge in [0.2, 0.25) is 5.91 Å². The van der Waals surface area contributed by atoms with Crippen LogP contribution in [0.25, 0.3) is 0 Å². The molecule has 0 aliphatic carbocycles. The van der Waals surface area contributed by atoms with Crippen molar-refractivity contribution in [1.82, 2.24) is 5.32 Å². The quantitative estimate of drug-likeness (QED) is 0.809. The Morgan fingerprint density at radius 3 is 2.68 bits per heavy atom. The fourth-order valence-corrected chi connectivity index (χ4v) is 2.64. The van der Waals surface area contributed by atoms with Crippen molar-refractivity contribution in [3.05, 3.63) is 35.9 Å². The average molecular weight is 305 g/mol. The third kappa shape index (κ3) is 5.48. The number of carbonyl (C=O) groups excluding carboxylic acids is 1. The highest BCUT2D eigenvalue weighted by molar-refractivity contribution is 5.83. The molecule has 1 aliphatic rings. The van der Waals surface area contributed by atoms with Crippen LogP contribution in [-0.2, 0) is 20.7 Å². The van der Waals surface area contributed by atoms with Crippen molar-refractivity contribution in [2.24, 2.45) is 0 Å². The van der Waals surface area contributed by atoms with E-state index in [0.717, 1.165) is 31.4 Å². The zero-order chi connectivity index (χ0) is 15.8. The van der Waals surface area contributed by atoms with E-state index in [0.29, 0.717) is 19.3 Å². The van der Waals surface area contributed by atoms with Crippen LogP contribution in [0.2, 0.25) is 0 Å². The lowest BCUT2D eigenvalue weighted by molar-refractivity contribution is -0.141. The van der Waals surface area contributed by atoms with Crippen LogP contribution < -0.4 is 5.32 Å². The van der Waals surface area contributed by atoms with Gasteiger partial charge < -0.3 is 15.2 Å². The number of carboxylic acids is 1. The van der Waals surface area contributed by atoms with Crippen molar-refractivity contribution in [2.45, 2.75) is 50.7 Å². The van der Waals surface area contributed by atoms with Crippen molar-refractivity contribution in [2.75, 3.05) is 6.61 Å². The Hall–Kier alpha value is -1.88. The Bertz CT molecular complexity index is 483. The molecule has 1 aromatic carbocycles. The number of ether oxygens (including phenoxy) is 1. The summed E-state index contributed by atoms with van der Waals surface area (Å²) in [4.78, 5) is 23.3. The molecule has 120 valence electrons. The van der Waals surface area contributed by atoms with Crippen molar-refractivity contribution in [3.8, 4) is 0 Å². The molecule has 22 heavy (non-hydrogen) atoms. The molecule has 2 rings (SSSR count). The minimum atomic E-state index is -1.01. The number of benzene rings is 1. The molecule has 1 unspecified atom stereocenters. The van der Waals surface area contributed by atoms with Gasteiger partial charge in [-0.2, -0.15) is 0 Å². The number of carboxylic acid groups (broad SMARTS) is 1. The summed E-state index contributed by atoms with van der Waals surface area (Å²) in [5, 5.41) is 11.9. The Balaban J connectivity index is 1.79. The van der Waals surface area contributed by atoms with Crippen molar-refractivity contribution in [3.63, 3.8) is 0 Å². The summed E-state index contributed by atoms with van der Waals surface area (Å²) in [6.45, 7) is 0.762. The van der Waals surface area contributed by atoms with Gasteiger partial charge in [-0.3, -0.25) is 4.79 Å². The van der Waals surface area contributed by atoms with Crippen LogP contribution in [0.4, 0.5) is 0 Å². The highest BCUT2D eigenvalue weighted by Gasteiger charge is 2.21. The zero-order valence-corrected chi connectivity index (χ0v) is 12.7. The van der Waals surface area contributed by atoms with Crippen molar-refractivity contribution >= 4 is 11.9 Å². The third-order valence-corrected chi connectivity index (χ3v) is 3.88. The first-order valence-corrected chi connectivity index (χ1v) is 7.83. The Morgan fingerprint density at radius 1 is 1.27 bits per heavy atom. The van der Waals surface area contributed by atoms with E-state index in [1.165, 1.54) is 0 Å². The maximum absolute atomic E-state index is 12.0. The van der Waals surface area contributed by atoms with Crippen LogP contribution in [0.1, 0.15) is 37.7 Å². The highest BCUT2D eigenvalue weighted by Crippen LogP contribution is 2.16. The van der Waals surface area contributed by atoms with Gasteiger partial charge >= 0.3 is 5.97 Å². The first-order chi connectivity index (χ1) is 10.6. The summed E-state index contributed by atoms with van der Waals surface area (Å²) in [6, 6.07) is 8.42. The summed E-state index contributed by atoms with van der Waals surface area (Å²) < 4.78 is 5.58. The number of hydrogen-bond acceptors (Lipinski definition) is 3. The first kappa shape index (κ1) is 16.5. The number of hydrogen-bond donors (Lipinski definition) is 2. The van der Waals surface area contributed by atoms with E-state index >= 15 is 0 Å². The molecule has 2 N–H and O–H groups in total. The molecule has 0 radical (unpaired) electrons. The molecule has 0 aromatic heterocycles. The first-order valence-electron chi connectivity index (χ1n) is 7.83. The second-order valence-corrected chi connectivity index (χ2v) is 5.68. The van der Waals surface area contributed by atoms with Crippen molar-refractivity contribution in [1.29, 1.82) is 0 Å². The Kier molecular flexibility index (Phi) is 6.40. The lowest BCUT2D eigenvalue weighted by Crippen LogP contribution is -2.42. The predicted octanol–water partition coefficient (Wildman–Crippen LogP) is 2.15. The van der Waals surface area contributed by atoms with Crippen LogP contribution in [0, 0.1) is 0 Å². The lowest BCUT2D eigenvalue weighted by Gasteiger charge is -2.22. The van der Waals surface area contributed by atoms with Gasteiger partial charge in [-0.1, -0.05) is 30.3 Å². The summed E-state index contributed by atoms with van der Waals surface area (Å²) >= 11 is 0. The fourth-order valence-electron chi connectivity index (χ4n) is 2.64. The average Bonchev–Trinajstić information content (AvgIpc) is 2.54. The maximum Gasteiger partial charge on any atom is 0.326 e.